The van der Waals surface area contributed by atoms with E-state index in [4.69, 9.17) is 0 Å². The first-order chi connectivity index (χ1) is 5.79. The minimum absolute atomic E-state index is 0.528. The van der Waals surface area contributed by atoms with Crippen LogP contribution in [0.5, 0.6) is 0 Å². The Hall–Kier alpha value is -0.0800. The molecular weight excluding hydrogens is 148 g/mol. The highest BCUT2D eigenvalue weighted by Gasteiger charge is 2.36. The van der Waals surface area contributed by atoms with Crippen LogP contribution < -0.4 is 5.32 Å². The van der Waals surface area contributed by atoms with Crippen LogP contribution in [0.1, 0.15) is 32.6 Å². The van der Waals surface area contributed by atoms with E-state index in [-0.39, 0.29) is 0 Å². The lowest BCUT2D eigenvalue weighted by Gasteiger charge is -2.17. The lowest BCUT2D eigenvalue weighted by Crippen LogP contribution is -2.35. The Kier molecular flexibility index (Phi) is 2.37. The van der Waals surface area contributed by atoms with Crippen molar-refractivity contribution in [3.05, 3.63) is 0 Å². The molecule has 70 valence electrons. The van der Waals surface area contributed by atoms with Crippen LogP contribution in [0, 0.1) is 0 Å². The van der Waals surface area contributed by atoms with E-state index in [1.54, 1.807) is 0 Å². The smallest absolute Gasteiger partial charge is 0.0155 e. The summed E-state index contributed by atoms with van der Waals surface area (Å²) in [5, 5.41) is 3.62. The zero-order chi connectivity index (χ0) is 8.44. The van der Waals surface area contributed by atoms with Crippen LogP contribution in [0.25, 0.3) is 0 Å². The van der Waals surface area contributed by atoms with E-state index in [2.05, 4.69) is 17.1 Å². The van der Waals surface area contributed by atoms with Crippen molar-refractivity contribution in [1.82, 2.24) is 10.2 Å². The molecule has 0 bridgehead atoms. The van der Waals surface area contributed by atoms with Gasteiger partial charge in [-0.05, 0) is 45.7 Å². The molecule has 2 aliphatic rings. The largest absolute Gasteiger partial charge is 0.310 e. The summed E-state index contributed by atoms with van der Waals surface area (Å²) >= 11 is 0. The molecule has 12 heavy (non-hydrogen) atoms. The Morgan fingerprint density at radius 3 is 2.50 bits per heavy atom. The van der Waals surface area contributed by atoms with Gasteiger partial charge in [0.15, 0.2) is 0 Å². The van der Waals surface area contributed by atoms with E-state index in [9.17, 15) is 0 Å². The first-order valence-electron chi connectivity index (χ1n) is 5.26. The molecule has 0 atom stereocenters. The molecule has 2 heteroatoms. The zero-order valence-corrected chi connectivity index (χ0v) is 8.10. The van der Waals surface area contributed by atoms with E-state index >= 15 is 0 Å². The van der Waals surface area contributed by atoms with Crippen LogP contribution >= 0.6 is 0 Å². The highest BCUT2D eigenvalue weighted by Crippen LogP contribution is 2.33. The normalized spacial score (nSPS) is 27.8. The van der Waals surface area contributed by atoms with Gasteiger partial charge in [-0.2, -0.15) is 0 Å². The van der Waals surface area contributed by atoms with Crippen molar-refractivity contribution < 1.29 is 0 Å². The summed E-state index contributed by atoms with van der Waals surface area (Å²) < 4.78 is 0. The van der Waals surface area contributed by atoms with Gasteiger partial charge in [0.25, 0.3) is 0 Å². The summed E-state index contributed by atoms with van der Waals surface area (Å²) in [6.07, 6.45) is 5.59. The van der Waals surface area contributed by atoms with E-state index in [0.29, 0.717) is 5.54 Å². The summed E-state index contributed by atoms with van der Waals surface area (Å²) in [6, 6.07) is 0. The monoisotopic (exact) mass is 168 g/mol. The lowest BCUT2D eigenvalue weighted by molar-refractivity contribution is 0.327. The standard InChI is InChI=1S/C10H20N2/c1-10(4-5-10)11-6-9-12-7-2-3-8-12/h11H,2-9H2,1H3. The van der Waals surface area contributed by atoms with Gasteiger partial charge in [0, 0.05) is 18.6 Å². The van der Waals surface area contributed by atoms with Crippen molar-refractivity contribution in [1.29, 1.82) is 0 Å². The quantitative estimate of drug-likeness (QED) is 0.679. The molecule has 0 aromatic rings. The predicted octanol–water partition coefficient (Wildman–Crippen LogP) is 1.22. The molecule has 0 unspecified atom stereocenters. The van der Waals surface area contributed by atoms with Gasteiger partial charge in [-0.15, -0.1) is 0 Å². The molecule has 1 heterocycles. The zero-order valence-electron chi connectivity index (χ0n) is 8.10. The third-order valence-electron chi connectivity index (χ3n) is 3.18. The van der Waals surface area contributed by atoms with Crippen LogP contribution in [0.3, 0.4) is 0 Å². The predicted molar refractivity (Wildman–Crippen MR) is 51.3 cm³/mol. The molecule has 1 saturated heterocycles. The second-order valence-electron chi connectivity index (χ2n) is 4.54. The first-order valence-corrected chi connectivity index (χ1v) is 5.26. The Balaban J connectivity index is 1.56. The number of hydrogen-bond donors (Lipinski definition) is 1. The van der Waals surface area contributed by atoms with Crippen molar-refractivity contribution >= 4 is 0 Å². The van der Waals surface area contributed by atoms with Gasteiger partial charge in [0.1, 0.15) is 0 Å². The molecule has 2 nitrogen and oxygen atoms in total. The molecule has 2 rings (SSSR count). The molecule has 0 radical (unpaired) electrons. The maximum absolute atomic E-state index is 3.62. The summed E-state index contributed by atoms with van der Waals surface area (Å²) in [6.45, 7) is 7.44. The number of nitrogens with zero attached hydrogens (tertiary/aromatic N) is 1. The molecular formula is C10H20N2. The third kappa shape index (κ3) is 2.20. The van der Waals surface area contributed by atoms with E-state index < -0.39 is 0 Å². The van der Waals surface area contributed by atoms with Crippen molar-refractivity contribution in [2.45, 2.75) is 38.1 Å². The van der Waals surface area contributed by atoms with E-state index in [0.717, 1.165) is 0 Å². The lowest BCUT2D eigenvalue weighted by atomic mass is 10.3. The van der Waals surface area contributed by atoms with Crippen LogP contribution in [0.15, 0.2) is 0 Å². The van der Waals surface area contributed by atoms with Gasteiger partial charge in [-0.1, -0.05) is 0 Å². The van der Waals surface area contributed by atoms with Crippen LogP contribution in [0.4, 0.5) is 0 Å². The Morgan fingerprint density at radius 1 is 1.25 bits per heavy atom. The highest BCUT2D eigenvalue weighted by atomic mass is 15.2. The van der Waals surface area contributed by atoms with Crippen LogP contribution in [-0.2, 0) is 0 Å². The van der Waals surface area contributed by atoms with Crippen LogP contribution in [0.2, 0.25) is 0 Å². The summed E-state index contributed by atoms with van der Waals surface area (Å²) in [5.41, 5.74) is 0.528. The number of likely N-dealkylation sites (tertiary alicyclic amines) is 1. The second kappa shape index (κ2) is 3.35. The van der Waals surface area contributed by atoms with Crippen molar-refractivity contribution in [3.63, 3.8) is 0 Å². The topological polar surface area (TPSA) is 15.3 Å². The fourth-order valence-electron chi connectivity index (χ4n) is 1.89. The summed E-state index contributed by atoms with van der Waals surface area (Å²) in [5.74, 6) is 0. The molecule has 0 aromatic carbocycles. The summed E-state index contributed by atoms with van der Waals surface area (Å²) in [7, 11) is 0. The van der Waals surface area contributed by atoms with Crippen molar-refractivity contribution in [2.75, 3.05) is 26.2 Å². The van der Waals surface area contributed by atoms with Gasteiger partial charge in [-0.3, -0.25) is 0 Å². The molecule has 1 N–H and O–H groups in total. The molecule has 0 amide bonds. The fraction of sp³-hybridized carbons (Fsp3) is 1.00. The van der Waals surface area contributed by atoms with Gasteiger partial charge < -0.3 is 10.2 Å². The maximum atomic E-state index is 3.62. The fourth-order valence-corrected chi connectivity index (χ4v) is 1.89. The van der Waals surface area contributed by atoms with Gasteiger partial charge in [0.2, 0.25) is 0 Å². The van der Waals surface area contributed by atoms with E-state index in [1.165, 1.54) is 51.9 Å². The highest BCUT2D eigenvalue weighted by molar-refractivity contribution is 4.97. The van der Waals surface area contributed by atoms with Crippen LogP contribution in [-0.4, -0.2) is 36.6 Å². The minimum Gasteiger partial charge on any atom is -0.310 e. The molecule has 1 saturated carbocycles. The SMILES string of the molecule is CC1(NCCN2CCCC2)CC1. The second-order valence-corrected chi connectivity index (χ2v) is 4.54. The molecule has 0 aromatic heterocycles. The van der Waals surface area contributed by atoms with E-state index in [1.807, 2.05) is 0 Å². The number of rotatable bonds is 4. The number of hydrogen-bond acceptors (Lipinski definition) is 2. The minimum atomic E-state index is 0.528. The van der Waals surface area contributed by atoms with Crippen molar-refractivity contribution in [3.8, 4) is 0 Å². The Morgan fingerprint density at radius 2 is 1.92 bits per heavy atom. The third-order valence-corrected chi connectivity index (χ3v) is 3.18. The average Bonchev–Trinajstić information content (AvgIpc) is 2.61. The molecule has 1 aliphatic carbocycles. The molecule has 0 spiro atoms. The molecule has 1 aliphatic heterocycles. The summed E-state index contributed by atoms with van der Waals surface area (Å²) in [4.78, 5) is 2.57. The Bertz CT molecular complexity index is 146. The molecule has 2 fully saturated rings. The van der Waals surface area contributed by atoms with Crippen molar-refractivity contribution in [2.24, 2.45) is 0 Å². The number of nitrogens with one attached hydrogen (secondary N) is 1. The van der Waals surface area contributed by atoms with Gasteiger partial charge >= 0.3 is 0 Å². The van der Waals surface area contributed by atoms with Gasteiger partial charge in [-0.25, -0.2) is 0 Å². The Labute approximate surface area is 75.3 Å². The average molecular weight is 168 g/mol. The first kappa shape index (κ1) is 8.52. The van der Waals surface area contributed by atoms with Gasteiger partial charge in [0.05, 0.1) is 0 Å². The maximum Gasteiger partial charge on any atom is 0.0155 e.